The fraction of sp³-hybridized carbons (Fsp3) is 0.533. The van der Waals surface area contributed by atoms with Crippen molar-refractivity contribution in [1.29, 1.82) is 0 Å². The van der Waals surface area contributed by atoms with Gasteiger partial charge < -0.3 is 20.5 Å². The molecule has 1 aliphatic rings. The van der Waals surface area contributed by atoms with Crippen molar-refractivity contribution in [1.82, 2.24) is 0 Å². The first-order valence-electron chi connectivity index (χ1n) is 6.98. The number of benzene rings is 1. The highest BCUT2D eigenvalue weighted by Crippen LogP contribution is 2.32. The fourth-order valence-electron chi connectivity index (χ4n) is 2.51. The number of halogens is 1. The average molecular weight is 357 g/mol. The van der Waals surface area contributed by atoms with E-state index in [2.05, 4.69) is 21.2 Å². The van der Waals surface area contributed by atoms with Crippen LogP contribution in [0.4, 0.5) is 5.69 Å². The minimum absolute atomic E-state index is 0.0382. The van der Waals surface area contributed by atoms with Crippen LogP contribution in [0.25, 0.3) is 0 Å². The third kappa shape index (κ3) is 3.63. The number of hydrogen-bond donors (Lipinski definition) is 2. The normalized spacial score (nSPS) is 17.5. The van der Waals surface area contributed by atoms with Gasteiger partial charge in [-0.2, -0.15) is 0 Å². The van der Waals surface area contributed by atoms with Crippen molar-refractivity contribution < 1.29 is 14.3 Å². The van der Waals surface area contributed by atoms with Crippen molar-refractivity contribution in [3.05, 3.63) is 28.2 Å². The molecule has 0 saturated carbocycles. The number of hydrogen-bond acceptors (Lipinski definition) is 4. The Morgan fingerprint density at radius 3 is 2.81 bits per heavy atom. The first-order chi connectivity index (χ1) is 10.1. The number of carbonyl (C=O) groups excluding carboxylic acids is 1. The number of nitrogens with one attached hydrogen (secondary N) is 1. The van der Waals surface area contributed by atoms with Crippen molar-refractivity contribution >= 4 is 27.5 Å². The molecule has 5 nitrogen and oxygen atoms in total. The second kappa shape index (κ2) is 7.35. The molecule has 0 spiro atoms. The molecule has 1 aliphatic heterocycles. The summed E-state index contributed by atoms with van der Waals surface area (Å²) in [5, 5.41) is 3.01. The van der Waals surface area contributed by atoms with E-state index in [-0.39, 0.29) is 5.91 Å². The number of methoxy groups -OCH3 is 1. The SMILES string of the molecule is COCc1c(Br)cccc1NC(=O)C1(CN)CCOCC1. The second-order valence-corrected chi connectivity index (χ2v) is 6.10. The molecular formula is C15H21BrN2O3. The maximum atomic E-state index is 12.7. The van der Waals surface area contributed by atoms with Crippen LogP contribution in [0.5, 0.6) is 0 Å². The van der Waals surface area contributed by atoms with Gasteiger partial charge >= 0.3 is 0 Å². The van der Waals surface area contributed by atoms with Crippen molar-refractivity contribution in [2.75, 3.05) is 32.2 Å². The zero-order valence-electron chi connectivity index (χ0n) is 12.2. The fourth-order valence-corrected chi connectivity index (χ4v) is 2.99. The van der Waals surface area contributed by atoms with Gasteiger partial charge in [-0.15, -0.1) is 0 Å². The molecule has 1 aromatic carbocycles. The van der Waals surface area contributed by atoms with E-state index in [0.717, 1.165) is 15.7 Å². The van der Waals surface area contributed by atoms with Crippen LogP contribution in [-0.2, 0) is 20.9 Å². The van der Waals surface area contributed by atoms with Crippen LogP contribution >= 0.6 is 15.9 Å². The molecule has 0 bridgehead atoms. The Morgan fingerprint density at radius 1 is 1.48 bits per heavy atom. The Balaban J connectivity index is 2.20. The summed E-state index contributed by atoms with van der Waals surface area (Å²) in [6.45, 7) is 1.91. The topological polar surface area (TPSA) is 73.6 Å². The molecule has 1 fully saturated rings. The van der Waals surface area contributed by atoms with Gasteiger partial charge in [-0.1, -0.05) is 22.0 Å². The molecule has 0 aliphatic carbocycles. The lowest BCUT2D eigenvalue weighted by Crippen LogP contribution is -2.46. The Hall–Kier alpha value is -0.950. The van der Waals surface area contributed by atoms with Crippen LogP contribution in [0.3, 0.4) is 0 Å². The molecule has 21 heavy (non-hydrogen) atoms. The molecule has 2 rings (SSSR count). The first kappa shape index (κ1) is 16.4. The van der Waals surface area contributed by atoms with Gasteiger partial charge in [0.25, 0.3) is 0 Å². The molecule has 1 aromatic rings. The zero-order valence-corrected chi connectivity index (χ0v) is 13.7. The lowest BCUT2D eigenvalue weighted by Gasteiger charge is -2.34. The number of carbonyl (C=O) groups is 1. The summed E-state index contributed by atoms with van der Waals surface area (Å²) >= 11 is 3.49. The second-order valence-electron chi connectivity index (χ2n) is 5.25. The number of nitrogens with two attached hydrogens (primary N) is 1. The highest BCUT2D eigenvalue weighted by molar-refractivity contribution is 9.10. The van der Waals surface area contributed by atoms with Crippen LogP contribution in [0.1, 0.15) is 18.4 Å². The minimum Gasteiger partial charge on any atom is -0.381 e. The Kier molecular flexibility index (Phi) is 5.75. The summed E-state index contributed by atoms with van der Waals surface area (Å²) in [5.74, 6) is -0.0382. The third-order valence-electron chi connectivity index (χ3n) is 3.98. The Labute approximate surface area is 133 Å². The van der Waals surface area contributed by atoms with Crippen molar-refractivity contribution in [3.63, 3.8) is 0 Å². The Bertz CT molecular complexity index is 502. The molecule has 116 valence electrons. The Morgan fingerprint density at radius 2 is 2.19 bits per heavy atom. The van der Waals surface area contributed by atoms with Gasteiger partial charge in [0.15, 0.2) is 0 Å². The molecule has 3 N–H and O–H groups in total. The van der Waals surface area contributed by atoms with E-state index in [1.54, 1.807) is 7.11 Å². The largest absolute Gasteiger partial charge is 0.381 e. The number of anilines is 1. The molecule has 0 radical (unpaired) electrons. The lowest BCUT2D eigenvalue weighted by molar-refractivity contribution is -0.130. The van der Waals surface area contributed by atoms with E-state index in [9.17, 15) is 4.79 Å². The summed E-state index contributed by atoms with van der Waals surface area (Å²) in [7, 11) is 1.63. The van der Waals surface area contributed by atoms with Gasteiger partial charge in [-0.05, 0) is 25.0 Å². The summed E-state index contributed by atoms with van der Waals surface area (Å²) in [4.78, 5) is 12.7. The number of amides is 1. The van der Waals surface area contributed by atoms with E-state index < -0.39 is 5.41 Å². The lowest BCUT2D eigenvalue weighted by atomic mass is 9.79. The average Bonchev–Trinajstić information content (AvgIpc) is 2.51. The number of rotatable bonds is 5. The van der Waals surface area contributed by atoms with E-state index >= 15 is 0 Å². The van der Waals surface area contributed by atoms with Gasteiger partial charge in [0.05, 0.1) is 12.0 Å². The zero-order chi connectivity index (χ0) is 15.3. The maximum absolute atomic E-state index is 12.7. The van der Waals surface area contributed by atoms with E-state index in [4.69, 9.17) is 15.2 Å². The monoisotopic (exact) mass is 356 g/mol. The first-order valence-corrected chi connectivity index (χ1v) is 7.78. The van der Waals surface area contributed by atoms with Crippen molar-refractivity contribution in [2.45, 2.75) is 19.4 Å². The number of ether oxygens (including phenoxy) is 2. The van der Waals surface area contributed by atoms with Gasteiger partial charge in [0.2, 0.25) is 5.91 Å². The smallest absolute Gasteiger partial charge is 0.232 e. The predicted octanol–water partition coefficient (Wildman–Crippen LogP) is 2.29. The highest BCUT2D eigenvalue weighted by atomic mass is 79.9. The molecule has 1 amide bonds. The van der Waals surface area contributed by atoms with Crippen LogP contribution in [0.2, 0.25) is 0 Å². The predicted molar refractivity (Wildman–Crippen MR) is 85.0 cm³/mol. The van der Waals surface area contributed by atoms with Crippen LogP contribution in [0.15, 0.2) is 22.7 Å². The van der Waals surface area contributed by atoms with Crippen LogP contribution < -0.4 is 11.1 Å². The van der Waals surface area contributed by atoms with Crippen LogP contribution in [0, 0.1) is 5.41 Å². The minimum atomic E-state index is -0.537. The van der Waals surface area contributed by atoms with E-state index in [1.165, 1.54) is 0 Å². The van der Waals surface area contributed by atoms with Gasteiger partial charge in [0, 0.05) is 42.6 Å². The standard InChI is InChI=1S/C15H21BrN2O3/c1-20-9-11-12(16)3-2-4-13(11)18-14(19)15(10-17)5-7-21-8-6-15/h2-4H,5-10,17H2,1H3,(H,18,19). The molecule has 6 heteroatoms. The quantitative estimate of drug-likeness (QED) is 0.848. The molecule has 0 aromatic heterocycles. The summed E-state index contributed by atoms with van der Waals surface area (Å²) in [6.07, 6.45) is 1.31. The summed E-state index contributed by atoms with van der Waals surface area (Å²) < 4.78 is 11.5. The van der Waals surface area contributed by atoms with Crippen LogP contribution in [-0.4, -0.2) is 32.8 Å². The van der Waals surface area contributed by atoms with Crippen molar-refractivity contribution in [3.8, 4) is 0 Å². The highest BCUT2D eigenvalue weighted by Gasteiger charge is 2.39. The van der Waals surface area contributed by atoms with E-state index in [0.29, 0.717) is 39.2 Å². The molecule has 0 atom stereocenters. The maximum Gasteiger partial charge on any atom is 0.232 e. The summed E-state index contributed by atoms with van der Waals surface area (Å²) in [5.41, 5.74) is 7.02. The van der Waals surface area contributed by atoms with Gasteiger partial charge in [-0.25, -0.2) is 0 Å². The molecular weight excluding hydrogens is 336 g/mol. The molecule has 0 unspecified atom stereocenters. The van der Waals surface area contributed by atoms with Gasteiger partial charge in [0.1, 0.15) is 0 Å². The summed E-state index contributed by atoms with van der Waals surface area (Å²) in [6, 6.07) is 5.69. The van der Waals surface area contributed by atoms with Gasteiger partial charge in [-0.3, -0.25) is 4.79 Å². The van der Waals surface area contributed by atoms with Crippen molar-refractivity contribution in [2.24, 2.45) is 11.1 Å². The molecule has 1 saturated heterocycles. The third-order valence-corrected chi connectivity index (χ3v) is 4.72. The van der Waals surface area contributed by atoms with E-state index in [1.807, 2.05) is 18.2 Å². The molecule has 1 heterocycles.